The first-order valence-electron chi connectivity index (χ1n) is 17.8. The standard InChI is InChI=1S/C41H55N3O6S/c1-29(2)44(30(3)4)24-22-36(33-11-7-6-8-12-33)37-26-32(15-19-39(37)45)10-9-25-50-35-17-13-31(14-18-35)21-23-42-28-41(47)34-16-20-40(46)38(27-34)43-51(5,48)49/h6-8,11-20,26-27,29-30,36,41-43,45-47H,9-10,21-25,28H2,1-5H3/t36-,41?/m1/s1. The summed E-state index contributed by atoms with van der Waals surface area (Å²) in [4.78, 5) is 2.50. The van der Waals surface area contributed by atoms with E-state index in [9.17, 15) is 23.7 Å². The van der Waals surface area contributed by atoms with Gasteiger partial charge in [0.1, 0.15) is 17.2 Å². The molecule has 0 spiro atoms. The zero-order valence-electron chi connectivity index (χ0n) is 30.5. The fourth-order valence-electron chi connectivity index (χ4n) is 6.47. The maximum absolute atomic E-state index is 11.5. The molecule has 0 saturated heterocycles. The molecule has 1 unspecified atom stereocenters. The zero-order valence-corrected chi connectivity index (χ0v) is 31.4. The van der Waals surface area contributed by atoms with Crippen LogP contribution in [0.2, 0.25) is 0 Å². The van der Waals surface area contributed by atoms with Crippen molar-refractivity contribution in [1.29, 1.82) is 0 Å². The number of hydrogen-bond donors (Lipinski definition) is 5. The van der Waals surface area contributed by atoms with Gasteiger partial charge in [-0.05, 0) is 119 Å². The Labute approximate surface area is 304 Å². The van der Waals surface area contributed by atoms with Gasteiger partial charge in [-0.2, -0.15) is 0 Å². The van der Waals surface area contributed by atoms with Crippen molar-refractivity contribution in [3.63, 3.8) is 0 Å². The van der Waals surface area contributed by atoms with Crippen molar-refractivity contribution in [3.05, 3.63) is 119 Å². The molecule has 0 heterocycles. The van der Waals surface area contributed by atoms with Crippen LogP contribution in [0.5, 0.6) is 17.2 Å². The molecule has 0 fully saturated rings. The monoisotopic (exact) mass is 717 g/mol. The molecule has 0 bridgehead atoms. The Morgan fingerprint density at radius 2 is 1.45 bits per heavy atom. The quantitative estimate of drug-likeness (QED) is 0.0489. The second-order valence-corrected chi connectivity index (χ2v) is 15.5. The van der Waals surface area contributed by atoms with E-state index >= 15 is 0 Å². The molecule has 0 aliphatic rings. The van der Waals surface area contributed by atoms with Crippen molar-refractivity contribution in [2.75, 3.05) is 37.2 Å². The summed E-state index contributed by atoms with van der Waals surface area (Å²) in [6, 6.07) is 29.8. The molecule has 276 valence electrons. The number of hydrogen-bond acceptors (Lipinski definition) is 8. The highest BCUT2D eigenvalue weighted by atomic mass is 32.2. The van der Waals surface area contributed by atoms with Crippen molar-refractivity contribution in [2.24, 2.45) is 0 Å². The highest BCUT2D eigenvalue weighted by Gasteiger charge is 2.22. The van der Waals surface area contributed by atoms with Gasteiger partial charge in [0.25, 0.3) is 0 Å². The minimum absolute atomic E-state index is 0.0316. The molecule has 2 atom stereocenters. The minimum Gasteiger partial charge on any atom is -0.508 e. The van der Waals surface area contributed by atoms with E-state index in [1.54, 1.807) is 6.07 Å². The molecule has 0 aliphatic carbocycles. The number of aryl methyl sites for hydroxylation is 1. The number of rotatable bonds is 20. The maximum Gasteiger partial charge on any atom is 0.229 e. The summed E-state index contributed by atoms with van der Waals surface area (Å²) in [5, 5.41) is 34.7. The number of sulfonamides is 1. The first-order chi connectivity index (χ1) is 24.3. The minimum atomic E-state index is -3.56. The normalized spacial score (nSPS) is 13.1. The predicted octanol–water partition coefficient (Wildman–Crippen LogP) is 6.99. The number of benzene rings is 4. The SMILES string of the molecule is CC(C)N(CC[C@H](c1ccccc1)c1cc(CCCOc2ccc(CCNCC(O)c3ccc(O)c(NS(C)(=O)=O)c3)cc2)ccc1O)C(C)C. The molecule has 5 N–H and O–H groups in total. The number of aliphatic hydroxyl groups is 1. The number of phenols is 2. The smallest absolute Gasteiger partial charge is 0.229 e. The van der Waals surface area contributed by atoms with Gasteiger partial charge < -0.3 is 25.4 Å². The number of aliphatic hydroxyl groups excluding tert-OH is 1. The van der Waals surface area contributed by atoms with Crippen LogP contribution in [0.4, 0.5) is 5.69 Å². The largest absolute Gasteiger partial charge is 0.508 e. The van der Waals surface area contributed by atoms with Crippen molar-refractivity contribution >= 4 is 15.7 Å². The summed E-state index contributed by atoms with van der Waals surface area (Å²) in [6.07, 6.45) is 3.49. The molecule has 4 aromatic carbocycles. The lowest BCUT2D eigenvalue weighted by Gasteiger charge is -2.32. The van der Waals surface area contributed by atoms with Crippen LogP contribution in [-0.2, 0) is 22.9 Å². The third-order valence-corrected chi connectivity index (χ3v) is 9.69. The van der Waals surface area contributed by atoms with Gasteiger partial charge in [0.2, 0.25) is 10.0 Å². The topological polar surface area (TPSA) is 131 Å². The van der Waals surface area contributed by atoms with Crippen molar-refractivity contribution in [3.8, 4) is 17.2 Å². The summed E-state index contributed by atoms with van der Waals surface area (Å²) < 4.78 is 31.4. The van der Waals surface area contributed by atoms with Crippen molar-refractivity contribution < 1.29 is 28.5 Å². The molecule has 0 amide bonds. The molecule has 0 aliphatic heterocycles. The summed E-state index contributed by atoms with van der Waals surface area (Å²) in [5.41, 5.74) is 5.02. The highest BCUT2D eigenvalue weighted by molar-refractivity contribution is 7.92. The van der Waals surface area contributed by atoms with Crippen molar-refractivity contribution in [1.82, 2.24) is 10.2 Å². The van der Waals surface area contributed by atoms with Crippen LogP contribution in [0.25, 0.3) is 0 Å². The molecule has 9 nitrogen and oxygen atoms in total. The fourth-order valence-corrected chi connectivity index (χ4v) is 7.03. The predicted molar refractivity (Wildman–Crippen MR) is 206 cm³/mol. The first kappa shape index (κ1) is 39.7. The molecular formula is C41H55N3O6S. The van der Waals surface area contributed by atoms with E-state index in [0.29, 0.717) is 36.5 Å². The number of ether oxygens (including phenoxy) is 1. The van der Waals surface area contributed by atoms with E-state index in [1.165, 1.54) is 23.3 Å². The Bertz CT molecular complexity index is 1760. The summed E-state index contributed by atoms with van der Waals surface area (Å²) in [6.45, 7) is 11.4. The fraction of sp³-hybridized carbons (Fsp3) is 0.415. The van der Waals surface area contributed by atoms with Crippen LogP contribution < -0.4 is 14.8 Å². The lowest BCUT2D eigenvalue weighted by atomic mass is 9.86. The average Bonchev–Trinajstić information content (AvgIpc) is 3.09. The van der Waals surface area contributed by atoms with Gasteiger partial charge in [-0.3, -0.25) is 9.62 Å². The first-order valence-corrected chi connectivity index (χ1v) is 19.7. The lowest BCUT2D eigenvalue weighted by Crippen LogP contribution is -2.38. The van der Waals surface area contributed by atoms with Crippen molar-refractivity contribution in [2.45, 2.75) is 77.5 Å². The van der Waals surface area contributed by atoms with Gasteiger partial charge in [0, 0.05) is 30.1 Å². The molecule has 51 heavy (non-hydrogen) atoms. The third-order valence-electron chi connectivity index (χ3n) is 9.10. The van der Waals surface area contributed by atoms with Gasteiger partial charge in [-0.25, -0.2) is 8.42 Å². The zero-order chi connectivity index (χ0) is 37.0. The van der Waals surface area contributed by atoms with Crippen LogP contribution in [0.1, 0.15) is 80.4 Å². The number of phenolic OH excluding ortho intramolecular Hbond substituents is 2. The molecule has 10 heteroatoms. The summed E-state index contributed by atoms with van der Waals surface area (Å²) >= 11 is 0. The van der Waals surface area contributed by atoms with Crippen LogP contribution in [0.15, 0.2) is 91.0 Å². The average molecular weight is 718 g/mol. The molecular weight excluding hydrogens is 663 g/mol. The molecule has 4 aromatic rings. The molecule has 0 saturated carbocycles. The van der Waals surface area contributed by atoms with Gasteiger partial charge in [-0.1, -0.05) is 60.7 Å². The van der Waals surface area contributed by atoms with E-state index in [-0.39, 0.29) is 23.9 Å². The Morgan fingerprint density at radius 1 is 0.784 bits per heavy atom. The Kier molecular flexibility index (Phi) is 14.7. The van der Waals surface area contributed by atoms with E-state index in [1.807, 2.05) is 42.5 Å². The van der Waals surface area contributed by atoms with Gasteiger partial charge in [0.05, 0.1) is 24.7 Å². The number of nitrogens with one attached hydrogen (secondary N) is 2. The number of nitrogens with zero attached hydrogens (tertiary/aromatic N) is 1. The van der Waals surface area contributed by atoms with E-state index < -0.39 is 16.1 Å². The Morgan fingerprint density at radius 3 is 2.12 bits per heavy atom. The van der Waals surface area contributed by atoms with E-state index in [2.05, 4.69) is 73.0 Å². The number of aromatic hydroxyl groups is 2. The second-order valence-electron chi connectivity index (χ2n) is 13.8. The van der Waals surface area contributed by atoms with Gasteiger partial charge in [-0.15, -0.1) is 0 Å². The summed E-state index contributed by atoms with van der Waals surface area (Å²) in [7, 11) is -3.56. The lowest BCUT2D eigenvalue weighted by molar-refractivity contribution is 0.170. The second kappa shape index (κ2) is 18.9. The van der Waals surface area contributed by atoms with E-state index in [4.69, 9.17) is 4.74 Å². The van der Waals surface area contributed by atoms with Crippen LogP contribution >= 0.6 is 0 Å². The molecule has 0 aromatic heterocycles. The Hall–Kier alpha value is -4.09. The summed E-state index contributed by atoms with van der Waals surface area (Å²) in [5.74, 6) is 1.04. The van der Waals surface area contributed by atoms with Crippen LogP contribution in [0.3, 0.4) is 0 Å². The van der Waals surface area contributed by atoms with Gasteiger partial charge >= 0.3 is 0 Å². The number of anilines is 1. The maximum atomic E-state index is 11.5. The third kappa shape index (κ3) is 12.6. The molecule has 4 rings (SSSR count). The molecule has 0 radical (unpaired) electrons. The van der Waals surface area contributed by atoms with Gasteiger partial charge in [0.15, 0.2) is 0 Å². The van der Waals surface area contributed by atoms with E-state index in [0.717, 1.165) is 55.4 Å². The van der Waals surface area contributed by atoms with Crippen LogP contribution in [0, 0.1) is 0 Å². The highest BCUT2D eigenvalue weighted by Crippen LogP contribution is 2.35. The Balaban J connectivity index is 1.24. The van der Waals surface area contributed by atoms with Crippen LogP contribution in [-0.4, -0.2) is 73.2 Å².